The minimum absolute atomic E-state index is 0.577. The van der Waals surface area contributed by atoms with E-state index in [1.54, 1.807) is 0 Å². The van der Waals surface area contributed by atoms with Crippen LogP contribution in [0.3, 0.4) is 0 Å². The first-order chi connectivity index (χ1) is 9.22. The van der Waals surface area contributed by atoms with Gasteiger partial charge in [0, 0.05) is 22.4 Å². The fraction of sp³-hybridized carbons (Fsp3) is 0.400. The highest BCUT2D eigenvalue weighted by atomic mass is 79.9. The van der Waals surface area contributed by atoms with Crippen LogP contribution in [-0.4, -0.2) is 15.6 Å². The minimum Gasteiger partial charge on any atom is -0.353 e. The number of nitrogens with one attached hydrogen (secondary N) is 1. The number of halogens is 1. The maximum Gasteiger partial charge on any atom is 0.207 e. The average Bonchev–Trinajstić information content (AvgIpc) is 3.00. The third-order valence-electron chi connectivity index (χ3n) is 3.60. The van der Waals surface area contributed by atoms with Crippen LogP contribution in [-0.2, 0) is 0 Å². The van der Waals surface area contributed by atoms with Crippen molar-refractivity contribution in [1.82, 2.24) is 9.55 Å². The summed E-state index contributed by atoms with van der Waals surface area (Å²) in [7, 11) is 0. The maximum absolute atomic E-state index is 4.62. The molecule has 19 heavy (non-hydrogen) atoms. The van der Waals surface area contributed by atoms with Crippen LogP contribution in [0.2, 0.25) is 0 Å². The standard InChI is InChI=1S/C15H18BrN3/c1-11-10-19(14-8-4-5-12(16)9-14)15(17-11)18-13-6-2-3-7-13/h4-5,8-10,13H,2-3,6-7H2,1H3,(H,17,18). The van der Waals surface area contributed by atoms with Crippen LogP contribution < -0.4 is 5.32 Å². The predicted molar refractivity (Wildman–Crippen MR) is 81.9 cm³/mol. The van der Waals surface area contributed by atoms with Crippen molar-refractivity contribution >= 4 is 21.9 Å². The van der Waals surface area contributed by atoms with Gasteiger partial charge in [-0.2, -0.15) is 0 Å². The first-order valence-electron chi connectivity index (χ1n) is 6.81. The number of imidazole rings is 1. The average molecular weight is 320 g/mol. The number of hydrogen-bond acceptors (Lipinski definition) is 2. The molecule has 2 aromatic rings. The van der Waals surface area contributed by atoms with Gasteiger partial charge in [-0.3, -0.25) is 4.57 Å². The lowest BCUT2D eigenvalue weighted by Crippen LogP contribution is -2.17. The Kier molecular flexibility index (Phi) is 3.60. The van der Waals surface area contributed by atoms with Crippen molar-refractivity contribution in [2.24, 2.45) is 0 Å². The molecule has 0 bridgehead atoms. The molecule has 0 atom stereocenters. The Bertz CT molecular complexity index is 571. The zero-order chi connectivity index (χ0) is 13.2. The van der Waals surface area contributed by atoms with Crippen molar-refractivity contribution in [1.29, 1.82) is 0 Å². The van der Waals surface area contributed by atoms with Crippen molar-refractivity contribution in [2.75, 3.05) is 5.32 Å². The van der Waals surface area contributed by atoms with E-state index in [1.807, 2.05) is 19.1 Å². The molecular formula is C15H18BrN3. The lowest BCUT2D eigenvalue weighted by Gasteiger charge is -2.14. The number of aromatic nitrogens is 2. The van der Waals surface area contributed by atoms with Crippen LogP contribution in [0.25, 0.3) is 5.69 Å². The third-order valence-corrected chi connectivity index (χ3v) is 4.09. The molecule has 0 amide bonds. The first-order valence-corrected chi connectivity index (χ1v) is 7.60. The van der Waals surface area contributed by atoms with Gasteiger partial charge in [-0.1, -0.05) is 34.8 Å². The molecule has 3 nitrogen and oxygen atoms in total. The summed E-state index contributed by atoms with van der Waals surface area (Å²) in [5, 5.41) is 3.58. The van der Waals surface area contributed by atoms with Crippen LogP contribution in [0, 0.1) is 6.92 Å². The molecule has 1 N–H and O–H groups in total. The second kappa shape index (κ2) is 5.37. The fourth-order valence-electron chi connectivity index (χ4n) is 2.68. The van der Waals surface area contributed by atoms with Gasteiger partial charge in [0.2, 0.25) is 5.95 Å². The van der Waals surface area contributed by atoms with Gasteiger partial charge >= 0.3 is 0 Å². The molecule has 1 saturated carbocycles. The van der Waals surface area contributed by atoms with Crippen molar-refractivity contribution in [3.63, 3.8) is 0 Å². The van der Waals surface area contributed by atoms with Crippen molar-refractivity contribution in [2.45, 2.75) is 38.6 Å². The highest BCUT2D eigenvalue weighted by molar-refractivity contribution is 9.10. The van der Waals surface area contributed by atoms with E-state index in [4.69, 9.17) is 0 Å². The van der Waals surface area contributed by atoms with Crippen molar-refractivity contribution in [3.05, 3.63) is 40.6 Å². The Morgan fingerprint density at radius 1 is 1.32 bits per heavy atom. The van der Waals surface area contributed by atoms with Gasteiger partial charge in [0.15, 0.2) is 0 Å². The summed E-state index contributed by atoms with van der Waals surface area (Å²) in [6, 6.07) is 8.88. The Labute approximate surface area is 122 Å². The van der Waals surface area contributed by atoms with Crippen LogP contribution in [0.4, 0.5) is 5.95 Å². The lowest BCUT2D eigenvalue weighted by atomic mass is 10.2. The Hall–Kier alpha value is -1.29. The highest BCUT2D eigenvalue weighted by Gasteiger charge is 2.17. The number of nitrogens with zero attached hydrogens (tertiary/aromatic N) is 2. The van der Waals surface area contributed by atoms with E-state index in [1.165, 1.54) is 25.7 Å². The summed E-state index contributed by atoms with van der Waals surface area (Å²) >= 11 is 3.52. The molecule has 1 aliphatic carbocycles. The Balaban J connectivity index is 1.92. The molecular weight excluding hydrogens is 302 g/mol. The molecule has 0 aliphatic heterocycles. The van der Waals surface area contributed by atoms with E-state index in [2.05, 4.69) is 49.1 Å². The van der Waals surface area contributed by atoms with E-state index in [0.29, 0.717) is 6.04 Å². The van der Waals surface area contributed by atoms with Gasteiger partial charge in [0.05, 0.1) is 5.69 Å². The summed E-state index contributed by atoms with van der Waals surface area (Å²) in [4.78, 5) is 4.62. The molecule has 1 aromatic heterocycles. The van der Waals surface area contributed by atoms with Gasteiger partial charge < -0.3 is 5.32 Å². The third kappa shape index (κ3) is 2.84. The highest BCUT2D eigenvalue weighted by Crippen LogP contribution is 2.25. The molecule has 1 heterocycles. The van der Waals surface area contributed by atoms with E-state index >= 15 is 0 Å². The van der Waals surface area contributed by atoms with E-state index < -0.39 is 0 Å². The second-order valence-corrected chi connectivity index (χ2v) is 6.10. The van der Waals surface area contributed by atoms with E-state index in [-0.39, 0.29) is 0 Å². The van der Waals surface area contributed by atoms with E-state index in [0.717, 1.165) is 21.8 Å². The largest absolute Gasteiger partial charge is 0.353 e. The number of hydrogen-bond donors (Lipinski definition) is 1. The van der Waals surface area contributed by atoms with Crippen LogP contribution in [0.5, 0.6) is 0 Å². The normalized spacial score (nSPS) is 15.9. The number of anilines is 1. The number of rotatable bonds is 3. The van der Waals surface area contributed by atoms with E-state index in [9.17, 15) is 0 Å². The smallest absolute Gasteiger partial charge is 0.207 e. The zero-order valence-corrected chi connectivity index (χ0v) is 12.7. The molecule has 0 radical (unpaired) electrons. The second-order valence-electron chi connectivity index (χ2n) is 5.18. The van der Waals surface area contributed by atoms with Crippen LogP contribution in [0.15, 0.2) is 34.9 Å². The summed E-state index contributed by atoms with van der Waals surface area (Å²) < 4.78 is 3.22. The fourth-order valence-corrected chi connectivity index (χ4v) is 3.06. The monoisotopic (exact) mass is 319 g/mol. The molecule has 3 rings (SSSR count). The summed E-state index contributed by atoms with van der Waals surface area (Å²) in [6.45, 7) is 2.04. The van der Waals surface area contributed by atoms with Crippen LogP contribution >= 0.6 is 15.9 Å². The molecule has 1 fully saturated rings. The minimum atomic E-state index is 0.577. The zero-order valence-electron chi connectivity index (χ0n) is 11.1. The Morgan fingerprint density at radius 2 is 2.11 bits per heavy atom. The SMILES string of the molecule is Cc1cn(-c2cccc(Br)c2)c(NC2CCCC2)n1. The summed E-state index contributed by atoms with van der Waals surface area (Å²) in [5.74, 6) is 0.961. The quantitative estimate of drug-likeness (QED) is 0.914. The maximum atomic E-state index is 4.62. The lowest BCUT2D eigenvalue weighted by molar-refractivity contribution is 0.740. The molecule has 0 saturated heterocycles. The summed E-state index contributed by atoms with van der Waals surface area (Å²) in [6.07, 6.45) is 7.25. The van der Waals surface area contributed by atoms with Gasteiger partial charge in [-0.05, 0) is 38.0 Å². The topological polar surface area (TPSA) is 29.9 Å². The summed E-state index contributed by atoms with van der Waals surface area (Å²) in [5.41, 5.74) is 2.18. The number of aryl methyl sites for hydroxylation is 1. The van der Waals surface area contributed by atoms with Crippen molar-refractivity contribution < 1.29 is 0 Å². The molecule has 0 spiro atoms. The Morgan fingerprint density at radius 3 is 2.84 bits per heavy atom. The molecule has 1 aliphatic rings. The van der Waals surface area contributed by atoms with Gasteiger partial charge in [0.25, 0.3) is 0 Å². The molecule has 100 valence electrons. The number of benzene rings is 1. The molecule has 4 heteroatoms. The first kappa shape index (κ1) is 12.7. The van der Waals surface area contributed by atoms with Gasteiger partial charge in [-0.25, -0.2) is 4.98 Å². The van der Waals surface area contributed by atoms with Crippen molar-refractivity contribution in [3.8, 4) is 5.69 Å². The van der Waals surface area contributed by atoms with Gasteiger partial charge in [-0.15, -0.1) is 0 Å². The molecule has 0 unspecified atom stereocenters. The predicted octanol–water partition coefficient (Wildman–Crippen LogP) is 4.30. The van der Waals surface area contributed by atoms with Crippen LogP contribution in [0.1, 0.15) is 31.4 Å². The molecule has 1 aromatic carbocycles. The van der Waals surface area contributed by atoms with Gasteiger partial charge in [0.1, 0.15) is 0 Å².